The Labute approximate surface area is 119 Å². The second-order valence-corrected chi connectivity index (χ2v) is 6.39. The van der Waals surface area contributed by atoms with Crippen molar-refractivity contribution in [2.45, 2.75) is 32.6 Å². The molecular weight excluding hydrogens is 260 g/mol. The second-order valence-electron chi connectivity index (χ2n) is 5.21. The van der Waals surface area contributed by atoms with E-state index in [0.717, 1.165) is 6.42 Å². The summed E-state index contributed by atoms with van der Waals surface area (Å²) in [6, 6.07) is 8.72. The van der Waals surface area contributed by atoms with E-state index in [9.17, 15) is 0 Å². The van der Waals surface area contributed by atoms with Crippen LogP contribution in [0.15, 0.2) is 35.0 Å². The van der Waals surface area contributed by atoms with Gasteiger partial charge < -0.3 is 0 Å². The fourth-order valence-corrected chi connectivity index (χ4v) is 3.44. The highest BCUT2D eigenvalue weighted by molar-refractivity contribution is 7.08. The summed E-state index contributed by atoms with van der Waals surface area (Å²) >= 11 is 8.26. The van der Waals surface area contributed by atoms with Crippen LogP contribution in [0.3, 0.4) is 0 Å². The molecule has 1 heterocycles. The highest BCUT2D eigenvalue weighted by atomic mass is 35.5. The third kappa shape index (κ3) is 3.15. The van der Waals surface area contributed by atoms with Crippen LogP contribution in [0.4, 0.5) is 0 Å². The molecule has 2 rings (SSSR count). The van der Waals surface area contributed by atoms with Gasteiger partial charge in [0.2, 0.25) is 0 Å². The number of aryl methyl sites for hydroxylation is 1. The van der Waals surface area contributed by atoms with Gasteiger partial charge in [-0.15, -0.1) is 11.6 Å². The van der Waals surface area contributed by atoms with Crippen molar-refractivity contribution in [1.29, 1.82) is 0 Å². The van der Waals surface area contributed by atoms with Crippen LogP contribution >= 0.6 is 22.9 Å². The van der Waals surface area contributed by atoms with Crippen molar-refractivity contribution in [1.82, 2.24) is 0 Å². The predicted molar refractivity (Wildman–Crippen MR) is 81.7 cm³/mol. The Morgan fingerprint density at radius 1 is 1.11 bits per heavy atom. The lowest BCUT2D eigenvalue weighted by molar-refractivity contribution is 0.647. The minimum absolute atomic E-state index is 0.0238. The molecule has 0 aliphatic carbocycles. The number of alkyl halides is 1. The maximum Gasteiger partial charge on any atom is 0.0846 e. The molecule has 1 unspecified atom stereocenters. The van der Waals surface area contributed by atoms with Gasteiger partial charge in [0.1, 0.15) is 0 Å². The lowest BCUT2D eigenvalue weighted by atomic mass is 9.99. The predicted octanol–water partition coefficient (Wildman–Crippen LogP) is 5.58. The Morgan fingerprint density at radius 2 is 1.78 bits per heavy atom. The summed E-state index contributed by atoms with van der Waals surface area (Å²) in [7, 11) is 0. The van der Waals surface area contributed by atoms with E-state index in [4.69, 9.17) is 11.6 Å². The number of benzene rings is 1. The van der Waals surface area contributed by atoms with E-state index >= 15 is 0 Å². The van der Waals surface area contributed by atoms with E-state index < -0.39 is 0 Å². The third-order valence-corrected chi connectivity index (χ3v) is 4.45. The Hall–Kier alpha value is -0.790. The summed E-state index contributed by atoms with van der Waals surface area (Å²) in [6.45, 7) is 6.61. The molecule has 1 atom stereocenters. The smallest absolute Gasteiger partial charge is 0.0846 e. The fraction of sp³-hybridized carbons (Fsp3) is 0.375. The van der Waals surface area contributed by atoms with Gasteiger partial charge in [-0.2, -0.15) is 11.3 Å². The molecule has 1 aromatic heterocycles. The molecule has 0 radical (unpaired) electrons. The van der Waals surface area contributed by atoms with E-state index in [1.165, 1.54) is 22.3 Å². The molecule has 0 amide bonds. The zero-order valence-electron chi connectivity index (χ0n) is 11.1. The lowest BCUT2D eigenvalue weighted by Gasteiger charge is -2.11. The van der Waals surface area contributed by atoms with Gasteiger partial charge in [-0.05, 0) is 52.3 Å². The summed E-state index contributed by atoms with van der Waals surface area (Å²) in [5.74, 6) is 0.696. The molecule has 0 aliphatic rings. The number of rotatable bonds is 4. The van der Waals surface area contributed by atoms with Crippen molar-refractivity contribution >= 4 is 22.9 Å². The maximum absolute atomic E-state index is 6.54. The molecule has 0 saturated carbocycles. The molecule has 0 saturated heterocycles. The van der Waals surface area contributed by atoms with E-state index in [1.54, 1.807) is 11.3 Å². The molecule has 0 spiro atoms. The summed E-state index contributed by atoms with van der Waals surface area (Å²) in [4.78, 5) is 0. The Bertz CT molecular complexity index is 496. The molecule has 2 heteroatoms. The molecule has 1 aromatic carbocycles. The summed E-state index contributed by atoms with van der Waals surface area (Å²) in [5.41, 5.74) is 5.09. The standard InChI is InChI=1S/C16H19ClS/c1-11(2)8-13-4-6-14(7-5-13)16(17)15-10-18-9-12(15)3/h4-7,9-11,16H,8H2,1-3H3. The summed E-state index contributed by atoms with van der Waals surface area (Å²) < 4.78 is 0. The molecule has 0 N–H and O–H groups in total. The Balaban J connectivity index is 2.17. The maximum atomic E-state index is 6.54. The van der Waals surface area contributed by atoms with Gasteiger partial charge in [0, 0.05) is 0 Å². The van der Waals surface area contributed by atoms with Crippen molar-refractivity contribution in [3.63, 3.8) is 0 Å². The Morgan fingerprint density at radius 3 is 2.28 bits per heavy atom. The zero-order chi connectivity index (χ0) is 13.1. The van der Waals surface area contributed by atoms with Gasteiger partial charge in [-0.25, -0.2) is 0 Å². The first-order valence-corrected chi connectivity index (χ1v) is 7.71. The van der Waals surface area contributed by atoms with Gasteiger partial charge in [0.05, 0.1) is 5.38 Å². The van der Waals surface area contributed by atoms with E-state index in [0.29, 0.717) is 5.92 Å². The van der Waals surface area contributed by atoms with E-state index in [-0.39, 0.29) is 5.38 Å². The van der Waals surface area contributed by atoms with Crippen LogP contribution in [-0.4, -0.2) is 0 Å². The largest absolute Gasteiger partial charge is 0.152 e. The molecule has 0 bridgehead atoms. The van der Waals surface area contributed by atoms with Gasteiger partial charge >= 0.3 is 0 Å². The zero-order valence-corrected chi connectivity index (χ0v) is 12.7. The average Bonchev–Trinajstić information content (AvgIpc) is 2.75. The minimum Gasteiger partial charge on any atom is -0.152 e. The van der Waals surface area contributed by atoms with Crippen LogP contribution in [0.2, 0.25) is 0 Å². The number of halogens is 1. The number of hydrogen-bond donors (Lipinski definition) is 0. The van der Waals surface area contributed by atoms with Gasteiger partial charge in [-0.1, -0.05) is 38.1 Å². The molecule has 2 aromatic rings. The first-order chi connectivity index (χ1) is 8.58. The molecule has 0 fully saturated rings. The van der Waals surface area contributed by atoms with Crippen LogP contribution in [0.5, 0.6) is 0 Å². The molecule has 96 valence electrons. The second kappa shape index (κ2) is 5.90. The fourth-order valence-electron chi connectivity index (χ4n) is 2.10. The first kappa shape index (κ1) is 13.6. The monoisotopic (exact) mass is 278 g/mol. The van der Waals surface area contributed by atoms with Gasteiger partial charge in [0.15, 0.2) is 0 Å². The number of hydrogen-bond acceptors (Lipinski definition) is 1. The highest BCUT2D eigenvalue weighted by Gasteiger charge is 2.13. The topological polar surface area (TPSA) is 0 Å². The number of thiophene rings is 1. The van der Waals surface area contributed by atoms with Crippen molar-refractivity contribution in [3.05, 3.63) is 57.3 Å². The SMILES string of the molecule is Cc1cscc1C(Cl)c1ccc(CC(C)C)cc1. The lowest BCUT2D eigenvalue weighted by Crippen LogP contribution is -1.96. The van der Waals surface area contributed by atoms with Crippen molar-refractivity contribution in [3.8, 4) is 0 Å². The van der Waals surface area contributed by atoms with Crippen molar-refractivity contribution in [2.75, 3.05) is 0 Å². The van der Waals surface area contributed by atoms with Crippen molar-refractivity contribution in [2.24, 2.45) is 5.92 Å². The minimum atomic E-state index is -0.0238. The summed E-state index contributed by atoms with van der Waals surface area (Å²) in [5, 5.41) is 4.27. The van der Waals surface area contributed by atoms with Crippen LogP contribution in [0, 0.1) is 12.8 Å². The van der Waals surface area contributed by atoms with Crippen molar-refractivity contribution < 1.29 is 0 Å². The molecule has 0 nitrogen and oxygen atoms in total. The van der Waals surface area contributed by atoms with Crippen LogP contribution < -0.4 is 0 Å². The van der Waals surface area contributed by atoms with Crippen LogP contribution in [0.25, 0.3) is 0 Å². The molecule has 0 aliphatic heterocycles. The quantitative estimate of drug-likeness (QED) is 0.640. The first-order valence-electron chi connectivity index (χ1n) is 6.33. The van der Waals surface area contributed by atoms with Crippen LogP contribution in [0.1, 0.15) is 41.5 Å². The molecule has 18 heavy (non-hydrogen) atoms. The van der Waals surface area contributed by atoms with E-state index in [2.05, 4.69) is 55.8 Å². The normalized spacial score (nSPS) is 12.9. The van der Waals surface area contributed by atoms with E-state index in [1.807, 2.05) is 0 Å². The summed E-state index contributed by atoms with van der Waals surface area (Å²) in [6.07, 6.45) is 1.13. The molecular formula is C16H19ClS. The van der Waals surface area contributed by atoms with Gasteiger partial charge in [0.25, 0.3) is 0 Å². The van der Waals surface area contributed by atoms with Crippen LogP contribution in [-0.2, 0) is 6.42 Å². The highest BCUT2D eigenvalue weighted by Crippen LogP contribution is 2.33. The van der Waals surface area contributed by atoms with Gasteiger partial charge in [-0.3, -0.25) is 0 Å². The average molecular weight is 279 g/mol. The third-order valence-electron chi connectivity index (χ3n) is 3.08. The Kier molecular flexibility index (Phi) is 4.47.